The summed E-state index contributed by atoms with van der Waals surface area (Å²) in [5.41, 5.74) is 4.09. The maximum Gasteiger partial charge on any atom is 0.144 e. The zero-order valence-corrected chi connectivity index (χ0v) is 16.4. The molecule has 0 aliphatic rings. The van der Waals surface area contributed by atoms with Crippen molar-refractivity contribution >= 4 is 46.2 Å². The van der Waals surface area contributed by atoms with E-state index in [1.54, 1.807) is 18.2 Å². The van der Waals surface area contributed by atoms with E-state index in [1.807, 2.05) is 36.6 Å². The zero-order valence-electron chi connectivity index (χ0n) is 14.1. The van der Waals surface area contributed by atoms with E-state index < -0.39 is 0 Å². The molecule has 0 spiro atoms. The largest absolute Gasteiger partial charge is 0.495 e. The predicted octanol–water partition coefficient (Wildman–Crippen LogP) is 6.50. The number of thiazole rings is 1. The van der Waals surface area contributed by atoms with E-state index in [0.29, 0.717) is 31.9 Å². The van der Waals surface area contributed by atoms with Gasteiger partial charge < -0.3 is 4.74 Å². The number of halogens is 2. The average Bonchev–Trinajstić information content (AvgIpc) is 3.09. The molecule has 1 aromatic heterocycles. The van der Waals surface area contributed by atoms with Gasteiger partial charge in [-0.2, -0.15) is 5.26 Å². The van der Waals surface area contributed by atoms with Crippen LogP contribution in [0.3, 0.4) is 0 Å². The fourth-order valence-corrected chi connectivity index (χ4v) is 3.84. The van der Waals surface area contributed by atoms with Crippen molar-refractivity contribution in [1.29, 1.82) is 5.26 Å². The van der Waals surface area contributed by atoms with Crippen molar-refractivity contribution in [2.45, 2.75) is 6.92 Å². The van der Waals surface area contributed by atoms with Crippen LogP contribution in [0.1, 0.15) is 16.1 Å². The Hall–Kier alpha value is -2.32. The van der Waals surface area contributed by atoms with Crippen molar-refractivity contribution in [3.05, 3.63) is 68.0 Å². The molecule has 1 heterocycles. The summed E-state index contributed by atoms with van der Waals surface area (Å²) in [6.07, 6.45) is 1.69. The molecule has 0 radical (unpaired) electrons. The van der Waals surface area contributed by atoms with E-state index in [4.69, 9.17) is 27.9 Å². The van der Waals surface area contributed by atoms with Gasteiger partial charge >= 0.3 is 0 Å². The summed E-state index contributed by atoms with van der Waals surface area (Å²) in [5, 5.41) is 13.0. The summed E-state index contributed by atoms with van der Waals surface area (Å²) >= 11 is 13.7. The standard InChI is InChI=1S/C20H14Cl2N2OS/c1-12-3-5-13(6-4-12)18-11-26-20(24-18)15(10-23)7-14-8-16(21)9-17(22)19(14)25-2/h3-9,11H,1-2H3. The van der Waals surface area contributed by atoms with Gasteiger partial charge in [0.1, 0.15) is 16.8 Å². The van der Waals surface area contributed by atoms with Gasteiger partial charge in [-0.1, -0.05) is 53.0 Å². The zero-order chi connectivity index (χ0) is 18.7. The summed E-state index contributed by atoms with van der Waals surface area (Å²) in [5.74, 6) is 0.471. The van der Waals surface area contributed by atoms with Crippen LogP contribution in [0, 0.1) is 18.3 Å². The molecule has 0 saturated carbocycles. The Labute approximate surface area is 166 Å². The molecule has 3 aromatic rings. The quantitative estimate of drug-likeness (QED) is 0.469. The SMILES string of the molecule is COc1c(Cl)cc(Cl)cc1C=C(C#N)c1nc(-c2ccc(C)cc2)cs1. The molecule has 0 unspecified atom stereocenters. The van der Waals surface area contributed by atoms with Crippen molar-refractivity contribution in [2.24, 2.45) is 0 Å². The third kappa shape index (κ3) is 3.91. The number of nitrogens with zero attached hydrogens (tertiary/aromatic N) is 2. The smallest absolute Gasteiger partial charge is 0.144 e. The first kappa shape index (κ1) is 18.5. The molecule has 3 nitrogen and oxygen atoms in total. The van der Waals surface area contributed by atoms with Gasteiger partial charge in [0.25, 0.3) is 0 Å². The lowest BCUT2D eigenvalue weighted by Gasteiger charge is -2.08. The molecule has 0 N–H and O–H groups in total. The van der Waals surface area contributed by atoms with Crippen molar-refractivity contribution in [2.75, 3.05) is 7.11 Å². The fourth-order valence-electron chi connectivity index (χ4n) is 2.45. The van der Waals surface area contributed by atoms with E-state index in [9.17, 15) is 5.26 Å². The van der Waals surface area contributed by atoms with E-state index >= 15 is 0 Å². The molecule has 0 atom stereocenters. The molecule has 0 amide bonds. The van der Waals surface area contributed by atoms with Gasteiger partial charge in [-0.15, -0.1) is 11.3 Å². The van der Waals surface area contributed by atoms with E-state index in [-0.39, 0.29) is 0 Å². The van der Waals surface area contributed by atoms with E-state index in [0.717, 1.165) is 11.3 Å². The molecule has 0 aliphatic carbocycles. The van der Waals surface area contributed by atoms with Crippen molar-refractivity contribution in [3.8, 4) is 23.1 Å². The molecule has 26 heavy (non-hydrogen) atoms. The van der Waals surface area contributed by atoms with Crippen molar-refractivity contribution in [3.63, 3.8) is 0 Å². The van der Waals surface area contributed by atoms with Gasteiger partial charge in [0.05, 0.1) is 23.4 Å². The van der Waals surface area contributed by atoms with Crippen LogP contribution in [0.15, 0.2) is 41.8 Å². The van der Waals surface area contributed by atoms with Crippen LogP contribution in [0.2, 0.25) is 10.0 Å². The monoisotopic (exact) mass is 400 g/mol. The molecule has 3 rings (SSSR count). The normalized spacial score (nSPS) is 11.3. The summed E-state index contributed by atoms with van der Waals surface area (Å²) in [6.45, 7) is 2.04. The van der Waals surface area contributed by atoms with Crippen LogP contribution < -0.4 is 4.74 Å². The summed E-state index contributed by atoms with van der Waals surface area (Å²) in [4.78, 5) is 4.60. The molecule has 0 bridgehead atoms. The lowest BCUT2D eigenvalue weighted by atomic mass is 10.1. The second-order valence-electron chi connectivity index (χ2n) is 5.58. The van der Waals surface area contributed by atoms with Gasteiger partial charge in [0, 0.05) is 21.5 Å². The van der Waals surface area contributed by atoms with Crippen LogP contribution in [0.4, 0.5) is 0 Å². The minimum absolute atomic E-state index is 0.392. The molecular formula is C20H14Cl2N2OS. The first-order valence-electron chi connectivity index (χ1n) is 7.69. The van der Waals surface area contributed by atoms with Gasteiger partial charge in [-0.25, -0.2) is 4.98 Å². The molecule has 2 aromatic carbocycles. The van der Waals surface area contributed by atoms with E-state index in [2.05, 4.69) is 11.1 Å². The number of ether oxygens (including phenoxy) is 1. The van der Waals surface area contributed by atoms with E-state index in [1.165, 1.54) is 24.0 Å². The minimum Gasteiger partial charge on any atom is -0.495 e. The number of rotatable bonds is 4. The minimum atomic E-state index is 0.392. The van der Waals surface area contributed by atoms with Gasteiger partial charge in [-0.05, 0) is 25.1 Å². The lowest BCUT2D eigenvalue weighted by molar-refractivity contribution is 0.414. The predicted molar refractivity (Wildman–Crippen MR) is 109 cm³/mol. The second kappa shape index (κ2) is 7.92. The Morgan fingerprint density at radius 2 is 1.96 bits per heavy atom. The molecular weight excluding hydrogens is 387 g/mol. The molecule has 0 aliphatic heterocycles. The Bertz CT molecular complexity index is 1020. The number of aromatic nitrogens is 1. The van der Waals surface area contributed by atoms with Crippen molar-refractivity contribution < 1.29 is 4.74 Å². The number of aryl methyl sites for hydroxylation is 1. The Balaban J connectivity index is 2.02. The van der Waals surface area contributed by atoms with Crippen LogP contribution in [0.5, 0.6) is 5.75 Å². The number of nitriles is 1. The second-order valence-corrected chi connectivity index (χ2v) is 7.29. The molecule has 0 fully saturated rings. The number of methoxy groups -OCH3 is 1. The van der Waals surface area contributed by atoms with Crippen LogP contribution in [-0.2, 0) is 0 Å². The molecule has 130 valence electrons. The van der Waals surface area contributed by atoms with Gasteiger partial charge in [0.2, 0.25) is 0 Å². The highest BCUT2D eigenvalue weighted by molar-refractivity contribution is 7.11. The van der Waals surface area contributed by atoms with Crippen LogP contribution >= 0.6 is 34.5 Å². The van der Waals surface area contributed by atoms with Gasteiger partial charge in [-0.3, -0.25) is 0 Å². The van der Waals surface area contributed by atoms with Gasteiger partial charge in [0.15, 0.2) is 0 Å². The maximum atomic E-state index is 9.60. The molecule has 6 heteroatoms. The number of allylic oxidation sites excluding steroid dienone is 1. The molecule has 0 saturated heterocycles. The number of hydrogen-bond acceptors (Lipinski definition) is 4. The fraction of sp³-hybridized carbons (Fsp3) is 0.100. The average molecular weight is 401 g/mol. The highest BCUT2D eigenvalue weighted by atomic mass is 35.5. The van der Waals surface area contributed by atoms with Crippen molar-refractivity contribution in [1.82, 2.24) is 4.98 Å². The summed E-state index contributed by atoms with van der Waals surface area (Å²) < 4.78 is 5.34. The first-order valence-corrected chi connectivity index (χ1v) is 9.33. The highest BCUT2D eigenvalue weighted by Crippen LogP contribution is 2.35. The van der Waals surface area contributed by atoms with Crippen LogP contribution in [-0.4, -0.2) is 12.1 Å². The first-order chi connectivity index (χ1) is 12.5. The van der Waals surface area contributed by atoms with Crippen LogP contribution in [0.25, 0.3) is 22.9 Å². The topological polar surface area (TPSA) is 45.9 Å². The maximum absolute atomic E-state index is 9.60. The third-order valence-electron chi connectivity index (χ3n) is 3.74. The highest BCUT2D eigenvalue weighted by Gasteiger charge is 2.13. The number of hydrogen-bond donors (Lipinski definition) is 0. The Morgan fingerprint density at radius 3 is 2.62 bits per heavy atom. The third-order valence-corrected chi connectivity index (χ3v) is 5.12. The number of benzene rings is 2. The summed E-state index contributed by atoms with van der Waals surface area (Å²) in [7, 11) is 1.53. The lowest BCUT2D eigenvalue weighted by Crippen LogP contribution is -1.90. The Kier molecular flexibility index (Phi) is 5.63. The summed E-state index contributed by atoms with van der Waals surface area (Å²) in [6, 6.07) is 13.6. The Morgan fingerprint density at radius 1 is 1.23 bits per heavy atom.